The zero-order valence-corrected chi connectivity index (χ0v) is 11.9. The molecule has 0 aromatic heterocycles. The van der Waals surface area contributed by atoms with Crippen molar-refractivity contribution in [3.63, 3.8) is 0 Å². The topological polar surface area (TPSA) is 49.3 Å². The molecule has 2 N–H and O–H groups in total. The van der Waals surface area contributed by atoms with E-state index in [1.165, 1.54) is 24.3 Å². The van der Waals surface area contributed by atoms with E-state index < -0.39 is 5.51 Å². The molecule has 0 aliphatic heterocycles. The molecule has 0 heterocycles. The number of carbonyl (C=O) groups excluding carboxylic acids is 1. The van der Waals surface area contributed by atoms with E-state index in [-0.39, 0.29) is 46.7 Å². The van der Waals surface area contributed by atoms with Crippen LogP contribution in [0, 0.1) is 5.92 Å². The molecule has 0 aliphatic carbocycles. The van der Waals surface area contributed by atoms with Crippen molar-refractivity contribution < 1.29 is 23.1 Å². The summed E-state index contributed by atoms with van der Waals surface area (Å²) in [5.41, 5.74) is -4.05. The van der Waals surface area contributed by atoms with Gasteiger partial charge in [-0.1, -0.05) is 6.92 Å². The van der Waals surface area contributed by atoms with Crippen molar-refractivity contribution in [1.29, 1.82) is 0 Å². The second kappa shape index (κ2) is 6.99. The first kappa shape index (κ1) is 16.8. The number of thioether (sulfide) groups is 1. The first-order valence-corrected chi connectivity index (χ1v) is 6.82. The second-order valence-corrected chi connectivity index (χ2v) is 5.63. The smallest absolute Gasteiger partial charge is 0.396 e. The van der Waals surface area contributed by atoms with Gasteiger partial charge in [0.25, 0.3) is 5.91 Å². The van der Waals surface area contributed by atoms with Crippen LogP contribution in [0.3, 0.4) is 0 Å². The normalized spacial score (nSPS) is 14.7. The average Bonchev–Trinajstić information content (AvgIpc) is 2.36. The van der Waals surface area contributed by atoms with Gasteiger partial charge in [0.05, 0.1) is 0 Å². The lowest BCUT2D eigenvalue weighted by Gasteiger charge is -2.19. The molecule has 1 rings (SSSR count). The molecule has 1 aromatic rings. The molecule has 112 valence electrons. The van der Waals surface area contributed by atoms with Gasteiger partial charge in [-0.15, -0.1) is 0 Å². The van der Waals surface area contributed by atoms with E-state index in [9.17, 15) is 18.0 Å². The Kier molecular flexibility index (Phi) is 5.88. The summed E-state index contributed by atoms with van der Waals surface area (Å²) in [7, 11) is 0. The molecule has 1 aromatic carbocycles. The van der Waals surface area contributed by atoms with Crippen LogP contribution in [0.1, 0.15) is 24.2 Å². The Bertz CT molecular complexity index is 448. The molecule has 0 aliphatic rings. The molecule has 0 radical (unpaired) electrons. The minimum absolute atomic E-state index is 0.0332. The maximum absolute atomic E-state index is 12.2. The predicted octanol–water partition coefficient (Wildman–Crippen LogP) is 3.05. The molecular formula is C13H16F3NO2S. The van der Waals surface area contributed by atoms with E-state index in [0.717, 1.165) is 0 Å². The van der Waals surface area contributed by atoms with Gasteiger partial charge < -0.3 is 10.4 Å². The van der Waals surface area contributed by atoms with Crippen molar-refractivity contribution >= 4 is 17.7 Å². The fourth-order valence-electron chi connectivity index (χ4n) is 1.40. The maximum atomic E-state index is 12.2. The SMILES string of the molecule is CC(CO)C(C)NC(=O)c1ccc(SC(F)(F)F)cc1. The zero-order valence-electron chi connectivity index (χ0n) is 11.1. The van der Waals surface area contributed by atoms with E-state index >= 15 is 0 Å². The highest BCUT2D eigenvalue weighted by atomic mass is 32.2. The minimum Gasteiger partial charge on any atom is -0.396 e. The monoisotopic (exact) mass is 307 g/mol. The summed E-state index contributed by atoms with van der Waals surface area (Å²) in [4.78, 5) is 11.9. The molecule has 20 heavy (non-hydrogen) atoms. The van der Waals surface area contributed by atoms with E-state index in [1.54, 1.807) is 13.8 Å². The van der Waals surface area contributed by atoms with Gasteiger partial charge in [-0.25, -0.2) is 0 Å². The Hall–Kier alpha value is -1.21. The molecular weight excluding hydrogens is 291 g/mol. The molecule has 0 saturated heterocycles. The van der Waals surface area contributed by atoms with Crippen molar-refractivity contribution in [1.82, 2.24) is 5.32 Å². The molecule has 0 spiro atoms. The lowest BCUT2D eigenvalue weighted by molar-refractivity contribution is -0.0328. The average molecular weight is 307 g/mol. The van der Waals surface area contributed by atoms with Crippen molar-refractivity contribution in [3.05, 3.63) is 29.8 Å². The molecule has 0 bridgehead atoms. The van der Waals surface area contributed by atoms with Gasteiger partial charge in [0, 0.05) is 23.1 Å². The summed E-state index contributed by atoms with van der Waals surface area (Å²) < 4.78 is 36.5. The highest BCUT2D eigenvalue weighted by molar-refractivity contribution is 8.00. The van der Waals surface area contributed by atoms with Gasteiger partial charge in [-0.2, -0.15) is 13.2 Å². The molecule has 0 saturated carbocycles. The van der Waals surface area contributed by atoms with Crippen LogP contribution >= 0.6 is 11.8 Å². The predicted molar refractivity (Wildman–Crippen MR) is 71.5 cm³/mol. The summed E-state index contributed by atoms with van der Waals surface area (Å²) in [5, 5.41) is 11.7. The first-order valence-electron chi connectivity index (χ1n) is 6.00. The second-order valence-electron chi connectivity index (χ2n) is 4.49. The van der Waals surface area contributed by atoms with Crippen molar-refractivity contribution in [3.8, 4) is 0 Å². The maximum Gasteiger partial charge on any atom is 0.446 e. The number of aliphatic hydroxyl groups excluding tert-OH is 1. The van der Waals surface area contributed by atoms with Gasteiger partial charge >= 0.3 is 5.51 Å². The number of carbonyl (C=O) groups is 1. The number of alkyl halides is 3. The van der Waals surface area contributed by atoms with Crippen molar-refractivity contribution in [2.24, 2.45) is 5.92 Å². The van der Waals surface area contributed by atoms with E-state index in [0.29, 0.717) is 0 Å². The lowest BCUT2D eigenvalue weighted by Crippen LogP contribution is -2.38. The molecule has 1 amide bonds. The Morgan fingerprint density at radius 1 is 1.30 bits per heavy atom. The molecule has 7 heteroatoms. The Morgan fingerprint density at radius 3 is 2.30 bits per heavy atom. The molecule has 3 nitrogen and oxygen atoms in total. The number of amides is 1. The van der Waals surface area contributed by atoms with Crippen LogP contribution in [-0.4, -0.2) is 29.2 Å². The summed E-state index contributed by atoms with van der Waals surface area (Å²) in [6.45, 7) is 3.49. The van der Waals surface area contributed by atoms with Crippen LogP contribution < -0.4 is 5.32 Å². The Morgan fingerprint density at radius 2 is 1.85 bits per heavy atom. The fourth-order valence-corrected chi connectivity index (χ4v) is 1.94. The quantitative estimate of drug-likeness (QED) is 0.822. The summed E-state index contributed by atoms with van der Waals surface area (Å²) in [6, 6.07) is 4.98. The van der Waals surface area contributed by atoms with Crippen LogP contribution in [-0.2, 0) is 0 Å². The highest BCUT2D eigenvalue weighted by Gasteiger charge is 2.29. The van der Waals surface area contributed by atoms with Crippen LogP contribution in [0.2, 0.25) is 0 Å². The molecule has 0 fully saturated rings. The number of nitrogens with one attached hydrogen (secondary N) is 1. The molecule has 2 atom stereocenters. The summed E-state index contributed by atoms with van der Waals surface area (Å²) in [5.74, 6) is -0.472. The van der Waals surface area contributed by atoms with Crippen LogP contribution in [0.4, 0.5) is 13.2 Å². The zero-order chi connectivity index (χ0) is 15.3. The third kappa shape index (κ3) is 5.42. The number of rotatable bonds is 5. The lowest BCUT2D eigenvalue weighted by atomic mass is 10.0. The van der Waals surface area contributed by atoms with Crippen LogP contribution in [0.15, 0.2) is 29.2 Å². The third-order valence-corrected chi connectivity index (χ3v) is 3.59. The van der Waals surface area contributed by atoms with Crippen molar-refractivity contribution in [2.45, 2.75) is 30.3 Å². The minimum atomic E-state index is -4.34. The third-order valence-electron chi connectivity index (χ3n) is 2.85. The van der Waals surface area contributed by atoms with Gasteiger partial charge in [0.2, 0.25) is 0 Å². The number of aliphatic hydroxyl groups is 1. The van der Waals surface area contributed by atoms with E-state index in [1.807, 2.05) is 0 Å². The van der Waals surface area contributed by atoms with Gasteiger partial charge in [-0.05, 0) is 48.9 Å². The van der Waals surface area contributed by atoms with Gasteiger partial charge in [-0.3, -0.25) is 4.79 Å². The summed E-state index contributed by atoms with van der Waals surface area (Å²) in [6.07, 6.45) is 0. The van der Waals surface area contributed by atoms with Gasteiger partial charge in [0.15, 0.2) is 0 Å². The van der Waals surface area contributed by atoms with Crippen LogP contribution in [0.25, 0.3) is 0 Å². The number of benzene rings is 1. The van der Waals surface area contributed by atoms with E-state index in [4.69, 9.17) is 5.11 Å². The summed E-state index contributed by atoms with van der Waals surface area (Å²) >= 11 is -0.221. The Labute approximate surface area is 119 Å². The number of halogens is 3. The van der Waals surface area contributed by atoms with E-state index in [2.05, 4.69) is 5.32 Å². The largest absolute Gasteiger partial charge is 0.446 e. The number of hydrogen-bond donors (Lipinski definition) is 2. The fraction of sp³-hybridized carbons (Fsp3) is 0.462. The molecule has 2 unspecified atom stereocenters. The highest BCUT2D eigenvalue weighted by Crippen LogP contribution is 2.36. The van der Waals surface area contributed by atoms with Gasteiger partial charge in [0.1, 0.15) is 0 Å². The van der Waals surface area contributed by atoms with Crippen LogP contribution in [0.5, 0.6) is 0 Å². The number of hydrogen-bond acceptors (Lipinski definition) is 3. The van der Waals surface area contributed by atoms with Crippen molar-refractivity contribution in [2.75, 3.05) is 6.61 Å². The first-order chi connectivity index (χ1) is 9.23. The standard InChI is InChI=1S/C13H16F3NO2S/c1-8(7-18)9(2)17-12(19)10-3-5-11(6-4-10)20-13(14,15)16/h3-6,8-9,18H,7H2,1-2H3,(H,17,19). The Balaban J connectivity index is 2.66.